The fourth-order valence-corrected chi connectivity index (χ4v) is 3.27. The Labute approximate surface area is 188 Å². The predicted octanol–water partition coefficient (Wildman–Crippen LogP) is 4.80. The molecule has 0 aliphatic rings. The Morgan fingerprint density at radius 1 is 1.09 bits per heavy atom. The normalized spacial score (nSPS) is 11.3. The molecule has 0 saturated carbocycles. The maximum absolute atomic E-state index is 13.0. The molecule has 9 heteroatoms. The lowest BCUT2D eigenvalue weighted by atomic mass is 10.1. The highest BCUT2D eigenvalue weighted by atomic mass is 16.5. The monoisotopic (exact) mass is 437 g/mol. The molecule has 0 unspecified atom stereocenters. The number of unbranched alkanes of at least 4 members (excludes halogenated alkanes) is 1. The number of aryl methyl sites for hydroxylation is 2. The molecule has 0 aliphatic heterocycles. The van der Waals surface area contributed by atoms with Gasteiger partial charge in [0.05, 0.1) is 18.0 Å². The van der Waals surface area contributed by atoms with Crippen LogP contribution in [0.2, 0.25) is 0 Å². The summed E-state index contributed by atoms with van der Waals surface area (Å²) in [7, 11) is 3.94. The van der Waals surface area contributed by atoms with E-state index in [1.165, 1.54) is 4.68 Å². The minimum absolute atomic E-state index is 0.218. The van der Waals surface area contributed by atoms with E-state index in [1.807, 2.05) is 57.1 Å². The van der Waals surface area contributed by atoms with Gasteiger partial charge in [-0.3, -0.25) is 9.89 Å². The van der Waals surface area contributed by atoms with Crippen LogP contribution in [0.25, 0.3) is 5.95 Å². The summed E-state index contributed by atoms with van der Waals surface area (Å²) in [4.78, 5) is 24.1. The molecule has 2 heterocycles. The molecular formula is C23H31N7O2. The summed E-state index contributed by atoms with van der Waals surface area (Å²) in [6.45, 7) is 8.22. The number of benzene rings is 1. The second kappa shape index (κ2) is 10.2. The highest BCUT2D eigenvalue weighted by Crippen LogP contribution is 2.24. The van der Waals surface area contributed by atoms with Crippen molar-refractivity contribution in [3.63, 3.8) is 0 Å². The van der Waals surface area contributed by atoms with Crippen molar-refractivity contribution < 1.29 is 4.74 Å². The van der Waals surface area contributed by atoms with Gasteiger partial charge >= 0.3 is 5.56 Å². The fraction of sp³-hybridized carbons (Fsp3) is 0.435. The number of rotatable bonds is 9. The maximum atomic E-state index is 13.0. The van der Waals surface area contributed by atoms with Crippen LogP contribution in [-0.4, -0.2) is 40.5 Å². The number of hydrogen-bond donors (Lipinski definition) is 1. The number of aromatic nitrogens is 4. The molecule has 0 radical (unpaired) electrons. The first kappa shape index (κ1) is 23.2. The van der Waals surface area contributed by atoms with E-state index >= 15 is 0 Å². The molecule has 0 saturated heterocycles. The number of anilines is 1. The molecule has 32 heavy (non-hydrogen) atoms. The summed E-state index contributed by atoms with van der Waals surface area (Å²) in [5.41, 5.74) is 3.94. The fourth-order valence-electron chi connectivity index (χ4n) is 3.27. The summed E-state index contributed by atoms with van der Waals surface area (Å²) in [6.07, 6.45) is 2.92. The second-order valence-electron chi connectivity index (χ2n) is 7.77. The average Bonchev–Trinajstić information content (AvgIpc) is 3.05. The molecule has 1 N–H and O–H groups in total. The smallest absolute Gasteiger partial charge is 0.301 e. The van der Waals surface area contributed by atoms with Crippen LogP contribution in [0, 0.1) is 13.8 Å². The van der Waals surface area contributed by atoms with Crippen molar-refractivity contribution in [3.05, 3.63) is 51.6 Å². The SMILES string of the molecule is CCCCc1c(C)nc(-n2[nH]c(C)c(N=Nc3ccc(N(C)C)cc3)c2=O)nc1OCC. The number of hydrogen-bond acceptors (Lipinski definition) is 7. The van der Waals surface area contributed by atoms with Gasteiger partial charge in [-0.2, -0.15) is 14.8 Å². The zero-order valence-corrected chi connectivity index (χ0v) is 19.6. The van der Waals surface area contributed by atoms with Crippen LogP contribution in [-0.2, 0) is 6.42 Å². The van der Waals surface area contributed by atoms with Crippen LogP contribution >= 0.6 is 0 Å². The van der Waals surface area contributed by atoms with Gasteiger partial charge in [-0.25, -0.2) is 4.98 Å². The molecule has 3 rings (SSSR count). The summed E-state index contributed by atoms with van der Waals surface area (Å²) < 4.78 is 7.05. The lowest BCUT2D eigenvalue weighted by molar-refractivity contribution is 0.320. The number of aromatic amines is 1. The summed E-state index contributed by atoms with van der Waals surface area (Å²) >= 11 is 0. The van der Waals surface area contributed by atoms with Crippen LogP contribution in [0.3, 0.4) is 0 Å². The Morgan fingerprint density at radius 3 is 2.44 bits per heavy atom. The molecule has 0 spiro atoms. The lowest BCUT2D eigenvalue weighted by Gasteiger charge is -2.13. The van der Waals surface area contributed by atoms with Crippen molar-refractivity contribution in [2.45, 2.75) is 47.0 Å². The molecule has 9 nitrogen and oxygen atoms in total. The van der Waals surface area contributed by atoms with E-state index < -0.39 is 0 Å². The number of H-pyrrole nitrogens is 1. The van der Waals surface area contributed by atoms with Crippen molar-refractivity contribution in [1.82, 2.24) is 19.7 Å². The van der Waals surface area contributed by atoms with Crippen molar-refractivity contribution in [1.29, 1.82) is 0 Å². The summed E-state index contributed by atoms with van der Waals surface area (Å²) in [5, 5.41) is 11.4. The lowest BCUT2D eigenvalue weighted by Crippen LogP contribution is -2.19. The summed E-state index contributed by atoms with van der Waals surface area (Å²) in [5.74, 6) is 0.753. The maximum Gasteiger partial charge on any atom is 0.301 e. The van der Waals surface area contributed by atoms with E-state index in [-0.39, 0.29) is 17.2 Å². The molecular weight excluding hydrogens is 406 g/mol. The quantitative estimate of drug-likeness (QED) is 0.485. The van der Waals surface area contributed by atoms with Crippen LogP contribution in [0.15, 0.2) is 39.3 Å². The Morgan fingerprint density at radius 2 is 1.81 bits per heavy atom. The van der Waals surface area contributed by atoms with Crippen LogP contribution in [0.5, 0.6) is 5.88 Å². The van der Waals surface area contributed by atoms with Crippen LogP contribution < -0.4 is 15.2 Å². The van der Waals surface area contributed by atoms with Gasteiger partial charge < -0.3 is 9.64 Å². The van der Waals surface area contributed by atoms with Crippen molar-refractivity contribution in [2.75, 3.05) is 25.6 Å². The minimum Gasteiger partial charge on any atom is -0.478 e. The van der Waals surface area contributed by atoms with Gasteiger partial charge in [0.2, 0.25) is 5.88 Å². The number of azo groups is 1. The van der Waals surface area contributed by atoms with E-state index in [2.05, 4.69) is 32.2 Å². The first-order valence-electron chi connectivity index (χ1n) is 10.9. The van der Waals surface area contributed by atoms with Gasteiger partial charge in [0.1, 0.15) is 0 Å². The molecule has 0 fully saturated rings. The molecule has 2 aromatic heterocycles. The Kier molecular flexibility index (Phi) is 7.40. The van der Waals surface area contributed by atoms with E-state index in [4.69, 9.17) is 4.74 Å². The van der Waals surface area contributed by atoms with E-state index in [9.17, 15) is 4.79 Å². The molecule has 1 aromatic carbocycles. The van der Waals surface area contributed by atoms with Crippen LogP contribution in [0.4, 0.5) is 17.1 Å². The number of ether oxygens (including phenoxy) is 1. The van der Waals surface area contributed by atoms with E-state index in [0.717, 1.165) is 36.2 Å². The van der Waals surface area contributed by atoms with Crippen molar-refractivity contribution in [2.24, 2.45) is 10.2 Å². The zero-order chi connectivity index (χ0) is 23.3. The third-order valence-electron chi connectivity index (χ3n) is 5.10. The molecule has 0 amide bonds. The number of nitrogens with one attached hydrogen (secondary N) is 1. The average molecular weight is 438 g/mol. The van der Waals surface area contributed by atoms with Crippen molar-refractivity contribution in [3.8, 4) is 11.8 Å². The third kappa shape index (κ3) is 5.04. The van der Waals surface area contributed by atoms with Crippen molar-refractivity contribution >= 4 is 17.1 Å². The zero-order valence-electron chi connectivity index (χ0n) is 19.6. The molecule has 0 bridgehead atoms. The standard InChI is InChI=1S/C23H31N7O2/c1-7-9-10-19-15(3)24-23(25-21(19)32-8-2)30-22(31)20(16(4)28-30)27-26-17-11-13-18(14-12-17)29(5)6/h11-14,28H,7-10H2,1-6H3. The van der Waals surface area contributed by atoms with Crippen LogP contribution in [0.1, 0.15) is 43.6 Å². The molecule has 3 aromatic rings. The molecule has 0 aliphatic carbocycles. The number of nitrogens with zero attached hydrogens (tertiary/aromatic N) is 6. The Hall–Kier alpha value is -3.49. The predicted molar refractivity (Wildman–Crippen MR) is 126 cm³/mol. The Balaban J connectivity index is 1.95. The first-order chi connectivity index (χ1) is 15.3. The van der Waals surface area contributed by atoms with Gasteiger partial charge in [0.15, 0.2) is 5.69 Å². The molecule has 170 valence electrons. The van der Waals surface area contributed by atoms with E-state index in [1.54, 1.807) is 6.92 Å². The van der Waals surface area contributed by atoms with Gasteiger partial charge in [-0.15, -0.1) is 5.11 Å². The summed E-state index contributed by atoms with van der Waals surface area (Å²) in [6, 6.07) is 7.61. The van der Waals surface area contributed by atoms with Gasteiger partial charge in [-0.1, -0.05) is 13.3 Å². The van der Waals surface area contributed by atoms with E-state index in [0.29, 0.717) is 23.9 Å². The topological polar surface area (TPSA) is 101 Å². The van der Waals surface area contributed by atoms with Gasteiger partial charge in [-0.05, 0) is 57.9 Å². The third-order valence-corrected chi connectivity index (χ3v) is 5.10. The largest absolute Gasteiger partial charge is 0.478 e. The Bertz CT molecular complexity index is 1140. The highest BCUT2D eigenvalue weighted by Gasteiger charge is 2.18. The minimum atomic E-state index is -0.362. The highest BCUT2D eigenvalue weighted by molar-refractivity contribution is 5.52. The first-order valence-corrected chi connectivity index (χ1v) is 10.9. The molecule has 0 atom stereocenters. The van der Waals surface area contributed by atoms with Gasteiger partial charge in [0, 0.05) is 31.0 Å². The second-order valence-corrected chi connectivity index (χ2v) is 7.77. The van der Waals surface area contributed by atoms with Gasteiger partial charge in [0.25, 0.3) is 5.95 Å².